The van der Waals surface area contributed by atoms with Crippen molar-refractivity contribution in [1.82, 2.24) is 0 Å². The van der Waals surface area contributed by atoms with Crippen molar-refractivity contribution < 1.29 is 27.8 Å². The first-order valence-corrected chi connectivity index (χ1v) is 5.27. The van der Waals surface area contributed by atoms with Gasteiger partial charge in [-0.05, 0) is 15.9 Å². The highest BCUT2D eigenvalue weighted by Gasteiger charge is 2.31. The number of carbonyl (C=O) groups is 1. The summed E-state index contributed by atoms with van der Waals surface area (Å²) in [5, 5.41) is 8.45. The molecule has 0 aliphatic carbocycles. The molecule has 0 amide bonds. The van der Waals surface area contributed by atoms with Gasteiger partial charge in [-0.3, -0.25) is 0 Å². The third kappa shape index (κ3) is 2.41. The fourth-order valence-electron chi connectivity index (χ4n) is 1.09. The van der Waals surface area contributed by atoms with Crippen LogP contribution in [0.1, 0.15) is 11.7 Å². The van der Waals surface area contributed by atoms with Crippen LogP contribution in [0.25, 0.3) is 0 Å². The van der Waals surface area contributed by atoms with Crippen LogP contribution in [0, 0.1) is 17.5 Å². The predicted octanol–water partition coefficient (Wildman–Crippen LogP) is 2.73. The zero-order valence-electron chi connectivity index (χ0n) is 8.23. The molecule has 0 aliphatic heterocycles. The number of ether oxygens (including phenoxy) is 1. The molecule has 8 heteroatoms. The second kappa shape index (κ2) is 5.24. The molecule has 1 unspecified atom stereocenters. The Morgan fingerprint density at radius 3 is 2.35 bits per heavy atom. The second-order valence-electron chi connectivity index (χ2n) is 2.91. The molecule has 0 aliphatic rings. The van der Waals surface area contributed by atoms with E-state index in [-0.39, 0.29) is 0 Å². The smallest absolute Gasteiger partial charge is 0.339 e. The zero-order valence-corrected chi connectivity index (χ0v) is 10.6. The summed E-state index contributed by atoms with van der Waals surface area (Å²) in [4.78, 5) is 11.0. The molecule has 0 spiro atoms. The first-order chi connectivity index (χ1) is 7.82. The average molecular weight is 333 g/mol. The van der Waals surface area contributed by atoms with Crippen molar-refractivity contribution in [3.05, 3.63) is 32.5 Å². The van der Waals surface area contributed by atoms with Crippen molar-refractivity contribution in [2.45, 2.75) is 6.10 Å². The van der Waals surface area contributed by atoms with Crippen molar-refractivity contribution in [3.8, 4) is 0 Å². The van der Waals surface area contributed by atoms with Gasteiger partial charge in [-0.15, -0.1) is 0 Å². The van der Waals surface area contributed by atoms with E-state index in [9.17, 15) is 23.1 Å². The predicted molar refractivity (Wildman–Crippen MR) is 56.0 cm³/mol. The summed E-state index contributed by atoms with van der Waals surface area (Å²) in [6.45, 7) is 0. The van der Waals surface area contributed by atoms with E-state index >= 15 is 0 Å². The first-order valence-electron chi connectivity index (χ1n) is 4.10. The number of rotatable bonds is 2. The molecule has 0 radical (unpaired) electrons. The van der Waals surface area contributed by atoms with Crippen molar-refractivity contribution in [2.24, 2.45) is 0 Å². The van der Waals surface area contributed by atoms with Gasteiger partial charge in [0.1, 0.15) is 0 Å². The van der Waals surface area contributed by atoms with Crippen molar-refractivity contribution in [3.63, 3.8) is 0 Å². The van der Waals surface area contributed by atoms with Crippen LogP contribution in [0.3, 0.4) is 0 Å². The highest BCUT2D eigenvalue weighted by atomic mass is 79.9. The van der Waals surface area contributed by atoms with Crippen LogP contribution in [-0.2, 0) is 9.53 Å². The van der Waals surface area contributed by atoms with Gasteiger partial charge in [0.25, 0.3) is 0 Å². The Morgan fingerprint density at radius 2 is 1.88 bits per heavy atom. The maximum atomic E-state index is 13.4. The highest BCUT2D eigenvalue weighted by molar-refractivity contribution is 9.10. The number of esters is 1. The minimum absolute atomic E-state index is 0.819. The number of methoxy groups -OCH3 is 1. The van der Waals surface area contributed by atoms with Gasteiger partial charge in [0.2, 0.25) is 0 Å². The van der Waals surface area contributed by atoms with Crippen LogP contribution in [-0.4, -0.2) is 18.2 Å². The Labute approximate surface area is 107 Å². The van der Waals surface area contributed by atoms with Gasteiger partial charge in [0.05, 0.1) is 22.2 Å². The molecule has 17 heavy (non-hydrogen) atoms. The number of aliphatic hydroxyl groups is 1. The Kier molecular flexibility index (Phi) is 4.40. The average Bonchev–Trinajstić information content (AvgIpc) is 2.32. The van der Waals surface area contributed by atoms with Crippen molar-refractivity contribution in [2.75, 3.05) is 7.11 Å². The van der Waals surface area contributed by atoms with E-state index in [2.05, 4.69) is 20.7 Å². The topological polar surface area (TPSA) is 46.5 Å². The highest BCUT2D eigenvalue weighted by Crippen LogP contribution is 2.35. The fraction of sp³-hybridized carbons (Fsp3) is 0.222. The molecule has 1 aromatic carbocycles. The van der Waals surface area contributed by atoms with E-state index < -0.39 is 44.6 Å². The SMILES string of the molecule is COC(=O)C(O)c1c(F)c(F)c(Br)c(F)c1Cl. The van der Waals surface area contributed by atoms with E-state index in [0.29, 0.717) is 0 Å². The van der Waals surface area contributed by atoms with Crippen LogP contribution >= 0.6 is 27.5 Å². The molecule has 1 aromatic rings. The molecule has 0 fully saturated rings. The van der Waals surface area contributed by atoms with Gasteiger partial charge >= 0.3 is 5.97 Å². The maximum Gasteiger partial charge on any atom is 0.339 e. The molecule has 1 rings (SSSR count). The summed E-state index contributed by atoms with van der Waals surface area (Å²) < 4.78 is 43.2. The summed E-state index contributed by atoms with van der Waals surface area (Å²) >= 11 is 7.84. The van der Waals surface area contributed by atoms with Crippen LogP contribution in [0.4, 0.5) is 13.2 Å². The van der Waals surface area contributed by atoms with E-state index in [1.165, 1.54) is 0 Å². The number of benzene rings is 1. The monoisotopic (exact) mass is 332 g/mol. The standard InChI is InChI=1S/C9H5BrClF3O3/c1-17-9(16)8(15)2-4(11)6(13)3(10)7(14)5(2)12/h8,15H,1H3. The van der Waals surface area contributed by atoms with Gasteiger partial charge in [-0.1, -0.05) is 11.6 Å². The van der Waals surface area contributed by atoms with Crippen molar-refractivity contribution in [1.29, 1.82) is 0 Å². The van der Waals surface area contributed by atoms with Gasteiger partial charge in [-0.2, -0.15) is 0 Å². The molecule has 0 saturated heterocycles. The first kappa shape index (κ1) is 14.3. The van der Waals surface area contributed by atoms with E-state index in [1.54, 1.807) is 0 Å². The molecule has 94 valence electrons. The number of hydrogen-bond acceptors (Lipinski definition) is 3. The van der Waals surface area contributed by atoms with Crippen LogP contribution in [0.5, 0.6) is 0 Å². The molecule has 1 atom stereocenters. The number of carbonyl (C=O) groups excluding carboxylic acids is 1. The Bertz CT molecular complexity index is 452. The van der Waals surface area contributed by atoms with Gasteiger partial charge < -0.3 is 9.84 Å². The third-order valence-electron chi connectivity index (χ3n) is 1.94. The normalized spacial score (nSPS) is 12.4. The number of hydrogen-bond donors (Lipinski definition) is 1. The lowest BCUT2D eigenvalue weighted by Gasteiger charge is -2.13. The van der Waals surface area contributed by atoms with Crippen molar-refractivity contribution >= 4 is 33.5 Å². The number of halogens is 5. The lowest BCUT2D eigenvalue weighted by atomic mass is 10.1. The van der Waals surface area contributed by atoms with Crippen LogP contribution < -0.4 is 0 Å². The molecule has 3 nitrogen and oxygen atoms in total. The van der Waals surface area contributed by atoms with E-state index in [4.69, 9.17) is 11.6 Å². The molecule has 0 saturated carbocycles. The minimum Gasteiger partial charge on any atom is -0.467 e. The maximum absolute atomic E-state index is 13.4. The Morgan fingerprint density at radius 1 is 1.35 bits per heavy atom. The van der Waals surface area contributed by atoms with Gasteiger partial charge in [0.15, 0.2) is 23.6 Å². The summed E-state index contributed by atoms with van der Waals surface area (Å²) in [6, 6.07) is 0. The Balaban J connectivity index is 3.49. The van der Waals surface area contributed by atoms with E-state index in [1.807, 2.05) is 0 Å². The molecular formula is C9H5BrClF3O3. The lowest BCUT2D eigenvalue weighted by molar-refractivity contribution is -0.150. The molecule has 1 N–H and O–H groups in total. The molecule has 0 heterocycles. The lowest BCUT2D eigenvalue weighted by Crippen LogP contribution is -2.17. The quantitative estimate of drug-likeness (QED) is 0.514. The second-order valence-corrected chi connectivity index (χ2v) is 4.08. The van der Waals surface area contributed by atoms with Gasteiger partial charge in [-0.25, -0.2) is 18.0 Å². The van der Waals surface area contributed by atoms with E-state index in [0.717, 1.165) is 7.11 Å². The molecule has 0 aromatic heterocycles. The third-order valence-corrected chi connectivity index (χ3v) is 3.01. The molecular weight excluding hydrogens is 328 g/mol. The zero-order chi connectivity index (χ0) is 13.3. The minimum atomic E-state index is -2.20. The fourth-order valence-corrected chi connectivity index (χ4v) is 1.86. The largest absolute Gasteiger partial charge is 0.467 e. The summed E-state index contributed by atoms with van der Waals surface area (Å²) in [6.07, 6.45) is -2.20. The summed E-state index contributed by atoms with van der Waals surface area (Å²) in [7, 11) is 0.920. The molecule has 0 bridgehead atoms. The summed E-state index contributed by atoms with van der Waals surface area (Å²) in [5.74, 6) is -5.82. The van der Waals surface area contributed by atoms with Crippen LogP contribution in [0.15, 0.2) is 4.47 Å². The number of aliphatic hydroxyl groups excluding tert-OH is 1. The van der Waals surface area contributed by atoms with Gasteiger partial charge in [0, 0.05) is 0 Å². The van der Waals surface area contributed by atoms with Crippen LogP contribution in [0.2, 0.25) is 5.02 Å². The Hall–Kier alpha value is -0.790. The summed E-state index contributed by atoms with van der Waals surface area (Å²) in [5.41, 5.74) is -1.00.